The van der Waals surface area contributed by atoms with Crippen molar-refractivity contribution in [3.05, 3.63) is 72.2 Å². The number of hydrogen-bond acceptors (Lipinski definition) is 4. The van der Waals surface area contributed by atoms with Crippen LogP contribution < -0.4 is 5.32 Å². The minimum atomic E-state index is -0.934. The number of carbonyl (C=O) groups is 1. The fraction of sp³-hybridized carbons (Fsp3) is 0.111. The molecule has 3 rings (SSSR count). The first kappa shape index (κ1) is 14.7. The van der Waals surface area contributed by atoms with Crippen molar-refractivity contribution in [1.29, 1.82) is 5.26 Å². The molecule has 2 aromatic heterocycles. The number of benzene rings is 1. The van der Waals surface area contributed by atoms with E-state index in [4.69, 9.17) is 0 Å². The van der Waals surface area contributed by atoms with E-state index in [0.29, 0.717) is 12.2 Å². The van der Waals surface area contributed by atoms with Gasteiger partial charge in [-0.3, -0.25) is 14.8 Å². The Hall–Kier alpha value is -3.26. The number of amides is 1. The molecule has 0 unspecified atom stereocenters. The molecule has 1 atom stereocenters. The zero-order valence-electron chi connectivity index (χ0n) is 12.3. The van der Waals surface area contributed by atoms with Crippen molar-refractivity contribution in [2.24, 2.45) is 0 Å². The van der Waals surface area contributed by atoms with Crippen LogP contribution in [0.25, 0.3) is 10.9 Å². The molecule has 112 valence electrons. The number of nitrogens with zero attached hydrogens (tertiary/aromatic N) is 3. The zero-order chi connectivity index (χ0) is 16.1. The number of aromatic nitrogens is 2. The Morgan fingerprint density at radius 2 is 2.04 bits per heavy atom. The molecule has 0 radical (unpaired) electrons. The lowest BCUT2D eigenvalue weighted by atomic mass is 10.0. The summed E-state index contributed by atoms with van der Waals surface area (Å²) in [5, 5.41) is 13.1. The van der Waals surface area contributed by atoms with Crippen LogP contribution in [0.4, 0.5) is 0 Å². The van der Waals surface area contributed by atoms with E-state index in [9.17, 15) is 10.1 Å². The van der Waals surface area contributed by atoms with Crippen LogP contribution in [0, 0.1) is 11.3 Å². The molecule has 0 spiro atoms. The number of carbonyl (C=O) groups excluding carboxylic acids is 1. The minimum Gasteiger partial charge on any atom is -0.350 e. The molecule has 3 aromatic rings. The van der Waals surface area contributed by atoms with E-state index in [0.717, 1.165) is 16.5 Å². The second kappa shape index (κ2) is 6.67. The molecule has 0 bridgehead atoms. The van der Waals surface area contributed by atoms with E-state index < -0.39 is 5.92 Å². The molecule has 23 heavy (non-hydrogen) atoms. The molecule has 5 heteroatoms. The molecule has 1 N–H and O–H groups in total. The third-order valence-electron chi connectivity index (χ3n) is 3.50. The van der Waals surface area contributed by atoms with Crippen LogP contribution in [0.3, 0.4) is 0 Å². The van der Waals surface area contributed by atoms with E-state index in [1.807, 2.05) is 42.5 Å². The topological polar surface area (TPSA) is 78.7 Å². The SMILES string of the molecule is N#C[C@H](C(=O)NCc1cccnc1)c1ccc2ccccc2n1. The van der Waals surface area contributed by atoms with Crippen LogP contribution >= 0.6 is 0 Å². The molecule has 1 aromatic carbocycles. The Morgan fingerprint density at radius 1 is 1.17 bits per heavy atom. The molecule has 0 fully saturated rings. The number of fused-ring (bicyclic) bond motifs is 1. The zero-order valence-corrected chi connectivity index (χ0v) is 12.3. The lowest BCUT2D eigenvalue weighted by Gasteiger charge is -2.10. The molecule has 0 saturated carbocycles. The fourth-order valence-corrected chi connectivity index (χ4v) is 2.30. The Kier molecular flexibility index (Phi) is 4.25. The van der Waals surface area contributed by atoms with Gasteiger partial charge in [-0.15, -0.1) is 0 Å². The molecule has 5 nitrogen and oxygen atoms in total. The maximum atomic E-state index is 12.3. The van der Waals surface area contributed by atoms with Crippen molar-refractivity contribution >= 4 is 16.8 Å². The standard InChI is InChI=1S/C18H14N4O/c19-10-15(18(23)21-12-13-4-3-9-20-11-13)17-8-7-14-5-1-2-6-16(14)22-17/h1-9,11,15H,12H2,(H,21,23)/t15-/m0/s1. The average Bonchev–Trinajstić information content (AvgIpc) is 2.61. The van der Waals surface area contributed by atoms with Gasteiger partial charge < -0.3 is 5.32 Å². The van der Waals surface area contributed by atoms with Gasteiger partial charge in [0.15, 0.2) is 5.92 Å². The van der Waals surface area contributed by atoms with Crippen molar-refractivity contribution < 1.29 is 4.79 Å². The second-order valence-electron chi connectivity index (χ2n) is 5.07. The molecule has 1 amide bonds. The van der Waals surface area contributed by atoms with Crippen LogP contribution in [-0.2, 0) is 11.3 Å². The Morgan fingerprint density at radius 3 is 2.83 bits per heavy atom. The lowest BCUT2D eigenvalue weighted by Crippen LogP contribution is -2.28. The van der Waals surface area contributed by atoms with Gasteiger partial charge in [-0.05, 0) is 23.8 Å². The average molecular weight is 302 g/mol. The molecule has 0 aliphatic heterocycles. The maximum absolute atomic E-state index is 12.3. The van der Waals surface area contributed by atoms with Gasteiger partial charge in [0.2, 0.25) is 5.91 Å². The third-order valence-corrected chi connectivity index (χ3v) is 3.50. The van der Waals surface area contributed by atoms with Gasteiger partial charge in [0.25, 0.3) is 0 Å². The van der Waals surface area contributed by atoms with E-state index >= 15 is 0 Å². The van der Waals surface area contributed by atoms with E-state index in [1.165, 1.54) is 0 Å². The van der Waals surface area contributed by atoms with Gasteiger partial charge in [0.1, 0.15) is 0 Å². The summed E-state index contributed by atoms with van der Waals surface area (Å²) in [5.74, 6) is -1.30. The Balaban J connectivity index is 1.77. The van der Waals surface area contributed by atoms with Crippen LogP contribution in [0.5, 0.6) is 0 Å². The normalized spacial score (nSPS) is 11.6. The van der Waals surface area contributed by atoms with Gasteiger partial charge in [-0.25, -0.2) is 0 Å². The van der Waals surface area contributed by atoms with E-state index in [1.54, 1.807) is 24.5 Å². The summed E-state index contributed by atoms with van der Waals surface area (Å²) >= 11 is 0. The third kappa shape index (κ3) is 3.33. The van der Waals surface area contributed by atoms with Crippen molar-refractivity contribution in [1.82, 2.24) is 15.3 Å². The maximum Gasteiger partial charge on any atom is 0.243 e. The highest BCUT2D eigenvalue weighted by molar-refractivity contribution is 5.87. The number of pyridine rings is 2. The molecular formula is C18H14N4O. The van der Waals surface area contributed by atoms with Crippen molar-refractivity contribution in [3.8, 4) is 6.07 Å². The Bertz CT molecular complexity index is 871. The van der Waals surface area contributed by atoms with Crippen LogP contribution in [0.2, 0.25) is 0 Å². The quantitative estimate of drug-likeness (QED) is 0.803. The molecule has 0 aliphatic carbocycles. The highest BCUT2D eigenvalue weighted by Crippen LogP contribution is 2.18. The van der Waals surface area contributed by atoms with Crippen LogP contribution in [0.1, 0.15) is 17.2 Å². The summed E-state index contributed by atoms with van der Waals surface area (Å²) in [6.45, 7) is 0.332. The monoisotopic (exact) mass is 302 g/mol. The molecular weight excluding hydrogens is 288 g/mol. The first-order chi connectivity index (χ1) is 11.3. The number of hydrogen-bond donors (Lipinski definition) is 1. The van der Waals surface area contributed by atoms with Gasteiger partial charge in [-0.2, -0.15) is 5.26 Å². The number of nitriles is 1. The van der Waals surface area contributed by atoms with E-state index in [2.05, 4.69) is 15.3 Å². The predicted octanol–water partition coefficient (Wildman–Crippen LogP) is 2.55. The predicted molar refractivity (Wildman–Crippen MR) is 86.2 cm³/mol. The highest BCUT2D eigenvalue weighted by Gasteiger charge is 2.21. The van der Waals surface area contributed by atoms with Crippen molar-refractivity contribution in [2.75, 3.05) is 0 Å². The smallest absolute Gasteiger partial charge is 0.243 e. The summed E-state index contributed by atoms with van der Waals surface area (Å²) in [6, 6.07) is 16.9. The Labute approximate surface area is 133 Å². The van der Waals surface area contributed by atoms with Gasteiger partial charge >= 0.3 is 0 Å². The lowest BCUT2D eigenvalue weighted by molar-refractivity contribution is -0.121. The fourth-order valence-electron chi connectivity index (χ4n) is 2.30. The minimum absolute atomic E-state index is 0.332. The van der Waals surface area contributed by atoms with E-state index in [-0.39, 0.29) is 5.91 Å². The summed E-state index contributed by atoms with van der Waals surface area (Å²) < 4.78 is 0. The molecule has 2 heterocycles. The van der Waals surface area contributed by atoms with Crippen molar-refractivity contribution in [3.63, 3.8) is 0 Å². The van der Waals surface area contributed by atoms with Crippen LogP contribution in [-0.4, -0.2) is 15.9 Å². The summed E-state index contributed by atoms with van der Waals surface area (Å²) in [4.78, 5) is 20.7. The van der Waals surface area contributed by atoms with Crippen LogP contribution in [0.15, 0.2) is 60.9 Å². The molecule has 0 aliphatic rings. The van der Waals surface area contributed by atoms with Gasteiger partial charge in [0.05, 0.1) is 17.3 Å². The van der Waals surface area contributed by atoms with Gasteiger partial charge in [0, 0.05) is 24.3 Å². The summed E-state index contributed by atoms with van der Waals surface area (Å²) in [6.07, 6.45) is 3.35. The number of nitrogens with one attached hydrogen (secondary N) is 1. The van der Waals surface area contributed by atoms with Crippen molar-refractivity contribution in [2.45, 2.75) is 12.5 Å². The summed E-state index contributed by atoms with van der Waals surface area (Å²) in [5.41, 5.74) is 2.10. The number of rotatable bonds is 4. The number of para-hydroxylation sites is 1. The van der Waals surface area contributed by atoms with Gasteiger partial charge in [-0.1, -0.05) is 30.3 Å². The second-order valence-corrected chi connectivity index (χ2v) is 5.07. The first-order valence-electron chi connectivity index (χ1n) is 7.20. The highest BCUT2D eigenvalue weighted by atomic mass is 16.1. The molecule has 0 saturated heterocycles. The largest absolute Gasteiger partial charge is 0.350 e. The first-order valence-corrected chi connectivity index (χ1v) is 7.20. The summed E-state index contributed by atoms with van der Waals surface area (Å²) in [7, 11) is 0.